The normalized spacial score (nSPS) is 15.6. The number of benzene rings is 2. The minimum atomic E-state index is -0.288. The van der Waals surface area contributed by atoms with E-state index in [-0.39, 0.29) is 37.2 Å². The number of para-hydroxylation sites is 1. The predicted molar refractivity (Wildman–Crippen MR) is 135 cm³/mol. The van der Waals surface area contributed by atoms with Gasteiger partial charge in [-0.05, 0) is 51.5 Å². The lowest BCUT2D eigenvalue weighted by Crippen LogP contribution is -2.31. The molecule has 1 saturated heterocycles. The van der Waals surface area contributed by atoms with Gasteiger partial charge in [0.15, 0.2) is 0 Å². The van der Waals surface area contributed by atoms with Crippen LogP contribution < -0.4 is 4.74 Å². The molecule has 1 aliphatic heterocycles. The Bertz CT molecular complexity index is 1210. The summed E-state index contributed by atoms with van der Waals surface area (Å²) >= 11 is 3.56. The Hall–Kier alpha value is -3.07. The van der Waals surface area contributed by atoms with E-state index in [1.807, 2.05) is 61.0 Å². The molecule has 8 nitrogen and oxygen atoms in total. The Morgan fingerprint density at radius 3 is 2.77 bits per heavy atom. The molecule has 0 N–H and O–H groups in total. The maximum atomic E-state index is 12.4. The van der Waals surface area contributed by atoms with Crippen molar-refractivity contribution in [2.45, 2.75) is 52.4 Å². The largest absolute Gasteiger partial charge is 0.487 e. The molecule has 0 unspecified atom stereocenters. The van der Waals surface area contributed by atoms with E-state index in [1.165, 1.54) is 0 Å². The molecule has 9 heteroatoms. The number of carbonyl (C=O) groups is 2. The van der Waals surface area contributed by atoms with Crippen molar-refractivity contribution in [3.63, 3.8) is 0 Å². The molecule has 2 aromatic carbocycles. The first-order valence-electron chi connectivity index (χ1n) is 11.8. The molecule has 2 heterocycles. The zero-order valence-corrected chi connectivity index (χ0v) is 21.8. The van der Waals surface area contributed by atoms with Crippen molar-refractivity contribution in [3.05, 3.63) is 58.2 Å². The third-order valence-corrected chi connectivity index (χ3v) is 6.32. The first kappa shape index (κ1) is 25.0. The van der Waals surface area contributed by atoms with E-state index in [9.17, 15) is 9.59 Å². The molecular weight excluding hydrogens is 514 g/mol. The van der Waals surface area contributed by atoms with Crippen molar-refractivity contribution in [2.75, 3.05) is 19.7 Å². The van der Waals surface area contributed by atoms with Gasteiger partial charge in [-0.15, -0.1) is 0 Å². The third kappa shape index (κ3) is 5.96. The molecule has 0 spiro atoms. The van der Waals surface area contributed by atoms with Crippen LogP contribution in [0.2, 0.25) is 0 Å². The topological polar surface area (TPSA) is 82.9 Å². The molecule has 0 aliphatic carbocycles. The zero-order chi connectivity index (χ0) is 24.9. The SMILES string of the molecule is CCOC(=O)Cc1ccccc1OCc1nn([C@@H]2CCN(C(=O)OC(C)C)C2)c2ccc(Br)cc12. The minimum absolute atomic E-state index is 0.0447. The number of aromatic nitrogens is 2. The summed E-state index contributed by atoms with van der Waals surface area (Å²) in [6, 6.07) is 13.5. The summed E-state index contributed by atoms with van der Waals surface area (Å²) in [5, 5.41) is 5.88. The summed E-state index contributed by atoms with van der Waals surface area (Å²) in [6.45, 7) is 7.24. The standard InChI is InChI=1S/C26H30BrN3O5/c1-4-33-25(31)13-18-7-5-6-8-24(18)34-16-22-21-14-19(27)9-10-23(21)30(28-22)20-11-12-29(15-20)26(32)35-17(2)3/h5-10,14,17,20H,4,11-13,15-16H2,1-3H3/t20-/m1/s1. The Morgan fingerprint density at radius 2 is 2.00 bits per heavy atom. The van der Waals surface area contributed by atoms with Crippen molar-refractivity contribution < 1.29 is 23.8 Å². The van der Waals surface area contributed by atoms with E-state index in [4.69, 9.17) is 19.3 Å². The Labute approximate surface area is 213 Å². The molecule has 0 saturated carbocycles. The Kier molecular flexibility index (Phi) is 7.95. The van der Waals surface area contributed by atoms with Crippen LogP contribution in [0.5, 0.6) is 5.75 Å². The molecule has 186 valence electrons. The summed E-state index contributed by atoms with van der Waals surface area (Å²) in [7, 11) is 0. The van der Waals surface area contributed by atoms with Crippen LogP contribution in [0, 0.1) is 0 Å². The fraction of sp³-hybridized carbons (Fsp3) is 0.423. The fourth-order valence-electron chi connectivity index (χ4n) is 4.25. The van der Waals surface area contributed by atoms with Gasteiger partial charge in [-0.2, -0.15) is 5.10 Å². The number of nitrogens with zero attached hydrogens (tertiary/aromatic N) is 3. The number of ether oxygens (including phenoxy) is 3. The zero-order valence-electron chi connectivity index (χ0n) is 20.2. The Balaban J connectivity index is 1.55. The lowest BCUT2D eigenvalue weighted by atomic mass is 10.1. The second-order valence-electron chi connectivity index (χ2n) is 8.75. The lowest BCUT2D eigenvalue weighted by Gasteiger charge is -2.18. The van der Waals surface area contributed by atoms with E-state index in [1.54, 1.807) is 11.8 Å². The molecule has 1 aromatic heterocycles. The van der Waals surface area contributed by atoms with E-state index in [0.717, 1.165) is 33.1 Å². The molecule has 1 atom stereocenters. The number of rotatable bonds is 8. The molecule has 35 heavy (non-hydrogen) atoms. The van der Waals surface area contributed by atoms with Crippen LogP contribution in [0.1, 0.15) is 44.5 Å². The van der Waals surface area contributed by atoms with Gasteiger partial charge in [0.25, 0.3) is 0 Å². The molecular formula is C26H30BrN3O5. The van der Waals surface area contributed by atoms with E-state index in [0.29, 0.717) is 25.4 Å². The van der Waals surface area contributed by atoms with Gasteiger partial charge in [-0.3, -0.25) is 9.48 Å². The summed E-state index contributed by atoms with van der Waals surface area (Å²) < 4.78 is 19.5. The van der Waals surface area contributed by atoms with Crippen LogP contribution in [0.4, 0.5) is 4.79 Å². The number of likely N-dealkylation sites (tertiary alicyclic amines) is 1. The summed E-state index contributed by atoms with van der Waals surface area (Å²) in [6.07, 6.45) is 0.501. The highest BCUT2D eigenvalue weighted by Gasteiger charge is 2.31. The molecule has 1 amide bonds. The van der Waals surface area contributed by atoms with Gasteiger partial charge in [0.05, 0.1) is 30.7 Å². The Morgan fingerprint density at radius 1 is 1.20 bits per heavy atom. The summed E-state index contributed by atoms with van der Waals surface area (Å²) in [5.74, 6) is 0.339. The number of hydrogen-bond acceptors (Lipinski definition) is 6. The average molecular weight is 544 g/mol. The van der Waals surface area contributed by atoms with Crippen LogP contribution in [0.3, 0.4) is 0 Å². The highest BCUT2D eigenvalue weighted by atomic mass is 79.9. The third-order valence-electron chi connectivity index (χ3n) is 5.83. The number of carbonyl (C=O) groups excluding carboxylic acids is 2. The van der Waals surface area contributed by atoms with Crippen LogP contribution in [0.25, 0.3) is 10.9 Å². The maximum Gasteiger partial charge on any atom is 0.410 e. The highest BCUT2D eigenvalue weighted by Crippen LogP contribution is 2.31. The van der Waals surface area contributed by atoms with Crippen molar-refractivity contribution in [2.24, 2.45) is 0 Å². The molecule has 3 aromatic rings. The van der Waals surface area contributed by atoms with Crippen molar-refractivity contribution in [1.82, 2.24) is 14.7 Å². The van der Waals surface area contributed by atoms with Crippen molar-refractivity contribution in [3.8, 4) is 5.75 Å². The fourth-order valence-corrected chi connectivity index (χ4v) is 4.61. The molecule has 1 fully saturated rings. The first-order valence-corrected chi connectivity index (χ1v) is 12.6. The van der Waals surface area contributed by atoms with Crippen LogP contribution in [-0.4, -0.2) is 52.5 Å². The monoisotopic (exact) mass is 543 g/mol. The summed E-state index contributed by atoms with van der Waals surface area (Å²) in [4.78, 5) is 26.1. The smallest absolute Gasteiger partial charge is 0.410 e. The van der Waals surface area contributed by atoms with Gasteiger partial charge in [-0.25, -0.2) is 4.79 Å². The highest BCUT2D eigenvalue weighted by molar-refractivity contribution is 9.10. The van der Waals surface area contributed by atoms with Crippen LogP contribution in [0.15, 0.2) is 46.9 Å². The second-order valence-corrected chi connectivity index (χ2v) is 9.67. The number of fused-ring (bicyclic) bond motifs is 1. The van der Waals surface area contributed by atoms with E-state index >= 15 is 0 Å². The van der Waals surface area contributed by atoms with Gasteiger partial charge in [0, 0.05) is 28.5 Å². The van der Waals surface area contributed by atoms with Gasteiger partial charge >= 0.3 is 12.1 Å². The van der Waals surface area contributed by atoms with Gasteiger partial charge in [0.1, 0.15) is 18.1 Å². The predicted octanol–water partition coefficient (Wildman–Crippen LogP) is 5.28. The van der Waals surface area contributed by atoms with Crippen molar-refractivity contribution >= 4 is 38.9 Å². The number of halogens is 1. The maximum absolute atomic E-state index is 12.4. The number of amides is 1. The molecule has 4 rings (SSSR count). The van der Waals surface area contributed by atoms with Gasteiger partial charge in [0.2, 0.25) is 0 Å². The minimum Gasteiger partial charge on any atom is -0.487 e. The van der Waals surface area contributed by atoms with Crippen LogP contribution >= 0.6 is 15.9 Å². The quantitative estimate of drug-likeness (QED) is 0.359. The van der Waals surface area contributed by atoms with E-state index < -0.39 is 0 Å². The first-order chi connectivity index (χ1) is 16.9. The average Bonchev–Trinajstić information content (AvgIpc) is 3.43. The van der Waals surface area contributed by atoms with Crippen LogP contribution in [-0.2, 0) is 27.3 Å². The van der Waals surface area contributed by atoms with Gasteiger partial charge in [-0.1, -0.05) is 34.1 Å². The molecule has 0 radical (unpaired) electrons. The summed E-state index contributed by atoms with van der Waals surface area (Å²) in [5.41, 5.74) is 2.54. The lowest BCUT2D eigenvalue weighted by molar-refractivity contribution is -0.142. The van der Waals surface area contributed by atoms with E-state index in [2.05, 4.69) is 15.9 Å². The van der Waals surface area contributed by atoms with Gasteiger partial charge < -0.3 is 19.1 Å². The molecule has 0 bridgehead atoms. The second kappa shape index (κ2) is 11.1. The van der Waals surface area contributed by atoms with Crippen molar-refractivity contribution in [1.29, 1.82) is 0 Å². The number of esters is 1. The number of hydrogen-bond donors (Lipinski definition) is 0. The molecule has 1 aliphatic rings.